The normalized spacial score (nSPS) is 13.2. The van der Waals surface area contributed by atoms with Crippen LogP contribution in [0, 0.1) is 20.8 Å². The number of benzene rings is 3. The summed E-state index contributed by atoms with van der Waals surface area (Å²) in [5, 5.41) is 26.2. The quantitative estimate of drug-likeness (QED) is 0.0508. The van der Waals surface area contributed by atoms with Crippen LogP contribution in [0.5, 0.6) is 0 Å². The lowest BCUT2D eigenvalue weighted by Gasteiger charge is -2.23. The second-order valence-electron chi connectivity index (χ2n) is 23.5. The maximum atomic E-state index is 12.4. The number of carbonyl (C=O) groups excluding carboxylic acids is 1. The first kappa shape index (κ1) is 60.0. The average molecular weight is 1060 g/mol. The van der Waals surface area contributed by atoms with E-state index in [4.69, 9.17) is 0 Å². The highest BCUT2D eigenvalue weighted by Crippen LogP contribution is 2.30. The molecule has 76 heavy (non-hydrogen) atoms. The summed E-state index contributed by atoms with van der Waals surface area (Å²) in [6.45, 7) is 34.4. The first-order chi connectivity index (χ1) is 35.4. The van der Waals surface area contributed by atoms with Crippen LogP contribution in [0.1, 0.15) is 148 Å². The highest BCUT2D eigenvalue weighted by molar-refractivity contribution is 7.91. The van der Waals surface area contributed by atoms with Crippen LogP contribution in [0.2, 0.25) is 0 Å². The molecule has 3 aromatic heterocycles. The van der Waals surface area contributed by atoms with Crippen molar-refractivity contribution in [1.82, 2.24) is 40.5 Å². The van der Waals surface area contributed by atoms with Gasteiger partial charge in [0.05, 0.1) is 10.6 Å². The molecule has 0 radical (unpaired) electrons. The fourth-order valence-corrected chi connectivity index (χ4v) is 9.00. The van der Waals surface area contributed by atoms with Crippen LogP contribution >= 0.6 is 0 Å². The summed E-state index contributed by atoms with van der Waals surface area (Å²) in [7, 11) is -3.25. The molecule has 410 valence electrons. The summed E-state index contributed by atoms with van der Waals surface area (Å²) >= 11 is 0. The Kier molecular flexibility index (Phi) is 20.3. The molecule has 8 N–H and O–H groups in total. The van der Waals surface area contributed by atoms with Gasteiger partial charge in [-0.1, -0.05) is 31.2 Å². The second-order valence-corrected chi connectivity index (χ2v) is 25.6. The Morgan fingerprint density at radius 2 is 0.974 bits per heavy atom. The van der Waals surface area contributed by atoms with Crippen molar-refractivity contribution in [1.29, 1.82) is 0 Å². The van der Waals surface area contributed by atoms with E-state index in [2.05, 4.69) is 138 Å². The largest absolute Gasteiger partial charge is 0.350 e. The van der Waals surface area contributed by atoms with E-state index >= 15 is 0 Å². The summed E-state index contributed by atoms with van der Waals surface area (Å²) < 4.78 is 24.5. The fraction of sp³-hybridized carbons (Fsp3) is 0.466. The molecule has 1 saturated heterocycles. The topological polar surface area (TPSA) is 225 Å². The van der Waals surface area contributed by atoms with Crippen molar-refractivity contribution in [3.05, 3.63) is 119 Å². The number of anilines is 9. The summed E-state index contributed by atoms with van der Waals surface area (Å²) in [5.74, 6) is 4.62. The van der Waals surface area contributed by atoms with Gasteiger partial charge in [-0.3, -0.25) is 4.79 Å². The lowest BCUT2D eigenvalue weighted by Crippen LogP contribution is -2.40. The van der Waals surface area contributed by atoms with Gasteiger partial charge in [-0.15, -0.1) is 0 Å². The monoisotopic (exact) mass is 1060 g/mol. The third-order valence-corrected chi connectivity index (χ3v) is 13.1. The molecule has 6 aromatic rings. The molecule has 0 aliphatic carbocycles. The van der Waals surface area contributed by atoms with Gasteiger partial charge in [-0.25, -0.2) is 23.4 Å². The predicted octanol–water partition coefficient (Wildman–Crippen LogP) is 12.4. The smallest absolute Gasteiger partial charge is 0.251 e. The number of aryl methyl sites for hydroxylation is 3. The Morgan fingerprint density at radius 1 is 0.566 bits per heavy atom. The molecular weight excluding hydrogens is 973 g/mol. The minimum atomic E-state index is -3.25. The lowest BCUT2D eigenvalue weighted by atomic mass is 9.90. The SMILES string of the molecule is CCCS(=O)(=O)c1cccc(Nc2nc(NC(C)(C)C)ncc2C)c1.Cc1cnc(NC(C)(C)C)nc1Nc1cccc(C(=O)NC(C)(C)C)c1.Cc1cnc(NC(C)(C)C)nc1Nc1cccc(C2CCNCC2)c1. The van der Waals surface area contributed by atoms with Crippen LogP contribution in [-0.2, 0) is 9.84 Å². The third kappa shape index (κ3) is 20.3. The molecule has 3 aromatic carbocycles. The number of carbonyl (C=O) groups is 1. The Bertz CT molecular complexity index is 2990. The van der Waals surface area contributed by atoms with Crippen LogP contribution in [0.25, 0.3) is 0 Å². The van der Waals surface area contributed by atoms with Crippen molar-refractivity contribution in [2.24, 2.45) is 0 Å². The Balaban J connectivity index is 0.000000211. The van der Waals surface area contributed by atoms with Gasteiger partial charge in [0.1, 0.15) is 17.5 Å². The van der Waals surface area contributed by atoms with Gasteiger partial charge in [0, 0.05) is 80.1 Å². The van der Waals surface area contributed by atoms with Gasteiger partial charge in [0.2, 0.25) is 17.8 Å². The molecule has 1 amide bonds. The van der Waals surface area contributed by atoms with Crippen molar-refractivity contribution in [2.45, 2.75) is 163 Å². The molecule has 1 aliphatic heterocycles. The minimum Gasteiger partial charge on any atom is -0.350 e. The zero-order valence-corrected chi connectivity index (χ0v) is 48.6. The highest BCUT2D eigenvalue weighted by Gasteiger charge is 2.20. The molecule has 1 fully saturated rings. The first-order valence-electron chi connectivity index (χ1n) is 26.2. The average Bonchev–Trinajstić information content (AvgIpc) is 3.31. The Hall–Kier alpha value is -6.92. The van der Waals surface area contributed by atoms with E-state index in [1.165, 1.54) is 18.4 Å². The van der Waals surface area contributed by atoms with Crippen molar-refractivity contribution in [2.75, 3.05) is 50.7 Å². The van der Waals surface area contributed by atoms with Gasteiger partial charge in [0.25, 0.3) is 5.91 Å². The number of rotatable bonds is 14. The number of hydrogen-bond donors (Lipinski definition) is 8. The maximum Gasteiger partial charge on any atom is 0.251 e. The number of hydrogen-bond acceptors (Lipinski definition) is 16. The lowest BCUT2D eigenvalue weighted by molar-refractivity contribution is 0.0919. The number of aromatic nitrogens is 6. The van der Waals surface area contributed by atoms with Crippen LogP contribution in [0.4, 0.5) is 52.4 Å². The number of sulfone groups is 1. The molecule has 18 heteroatoms. The molecule has 4 heterocycles. The van der Waals surface area contributed by atoms with Crippen molar-refractivity contribution in [3.8, 4) is 0 Å². The van der Waals surface area contributed by atoms with E-state index in [0.717, 1.165) is 47.0 Å². The Morgan fingerprint density at radius 3 is 1.39 bits per heavy atom. The van der Waals surface area contributed by atoms with Crippen molar-refractivity contribution < 1.29 is 13.2 Å². The molecule has 17 nitrogen and oxygen atoms in total. The molecule has 0 spiro atoms. The standard InChI is InChI=1S/C20H29N5O.C20H29N5.C18H26N4O2S/c1-13-12-21-18(25-20(5,6)7)23-16(13)22-15-10-8-9-14(11-15)17(26)24-19(2,3)4;1-14-13-22-19(25-20(2,3)4)24-18(14)23-17-7-5-6-16(12-17)15-8-10-21-11-9-15;1-6-10-25(23,24)15-9-7-8-14(11-15)20-16-13(2)12-19-17(21-16)22-18(3,4)5/h8-12H,1-7H3,(H,24,26)(H2,21,22,23,25);5-7,12-13,15,21H,8-11H2,1-4H3,(H2,22,23,24,25);7-9,11-12H,6,10H2,1-5H3,(H2,19,20,21,22). The summed E-state index contributed by atoms with van der Waals surface area (Å²) in [6, 6.07) is 22.9. The van der Waals surface area contributed by atoms with Gasteiger partial charge >= 0.3 is 0 Å². The minimum absolute atomic E-state index is 0.0680. The number of nitrogens with zero attached hydrogens (tertiary/aromatic N) is 6. The van der Waals surface area contributed by atoms with E-state index in [0.29, 0.717) is 58.0 Å². The highest BCUT2D eigenvalue weighted by atomic mass is 32.2. The number of nitrogens with one attached hydrogen (secondary N) is 8. The van der Waals surface area contributed by atoms with E-state index < -0.39 is 9.84 Å². The van der Waals surface area contributed by atoms with Crippen LogP contribution in [0.3, 0.4) is 0 Å². The first-order valence-corrected chi connectivity index (χ1v) is 27.8. The molecule has 1 aliphatic rings. The van der Waals surface area contributed by atoms with E-state index in [9.17, 15) is 13.2 Å². The number of amides is 1. The zero-order chi connectivity index (χ0) is 56.1. The number of piperidine rings is 1. The third-order valence-electron chi connectivity index (χ3n) is 11.1. The Labute approximate surface area is 452 Å². The summed E-state index contributed by atoms with van der Waals surface area (Å²) in [5.41, 5.74) is 6.78. The second kappa shape index (κ2) is 25.7. The predicted molar refractivity (Wildman–Crippen MR) is 314 cm³/mol. The molecule has 0 unspecified atom stereocenters. The fourth-order valence-electron chi connectivity index (χ4n) is 7.63. The summed E-state index contributed by atoms with van der Waals surface area (Å²) in [6.07, 6.45) is 8.37. The van der Waals surface area contributed by atoms with E-state index in [1.807, 2.05) is 99.7 Å². The van der Waals surface area contributed by atoms with E-state index in [-0.39, 0.29) is 33.8 Å². The molecule has 0 atom stereocenters. The molecule has 7 rings (SSSR count). The van der Waals surface area contributed by atoms with Gasteiger partial charge in [-0.05, 0) is 196 Å². The van der Waals surface area contributed by atoms with Crippen molar-refractivity contribution >= 4 is 68.1 Å². The van der Waals surface area contributed by atoms with Gasteiger partial charge < -0.3 is 42.5 Å². The van der Waals surface area contributed by atoms with Crippen LogP contribution in [0.15, 0.2) is 96.3 Å². The summed E-state index contributed by atoms with van der Waals surface area (Å²) in [4.78, 5) is 39.4. The molecular formula is C58H84N14O3S. The van der Waals surface area contributed by atoms with Crippen molar-refractivity contribution in [3.63, 3.8) is 0 Å². The van der Waals surface area contributed by atoms with E-state index in [1.54, 1.807) is 36.7 Å². The van der Waals surface area contributed by atoms with Crippen LogP contribution < -0.4 is 42.5 Å². The molecule has 0 saturated carbocycles. The maximum absolute atomic E-state index is 12.4. The molecule has 0 bridgehead atoms. The van der Waals surface area contributed by atoms with Gasteiger partial charge in [-0.2, -0.15) is 15.0 Å². The zero-order valence-electron chi connectivity index (χ0n) is 47.8. The van der Waals surface area contributed by atoms with Gasteiger partial charge in [0.15, 0.2) is 9.84 Å². The van der Waals surface area contributed by atoms with Crippen LogP contribution in [-0.4, -0.2) is 85.2 Å².